The van der Waals surface area contributed by atoms with Crippen molar-refractivity contribution in [3.63, 3.8) is 0 Å². The van der Waals surface area contributed by atoms with Crippen molar-refractivity contribution in [1.29, 1.82) is 0 Å². The molecule has 0 heterocycles. The van der Waals surface area contributed by atoms with Crippen LogP contribution in [0.1, 0.15) is 142 Å². The number of carbonyl (C=O) groups is 2. The zero-order valence-corrected chi connectivity index (χ0v) is 30.8. The molecule has 8 unspecified atom stereocenters. The molecule has 4 saturated carbocycles. The molecule has 0 aromatic heterocycles. The number of ether oxygens (including phenoxy) is 2. The van der Waals surface area contributed by atoms with Crippen LogP contribution in [0.3, 0.4) is 0 Å². The van der Waals surface area contributed by atoms with Gasteiger partial charge in [0, 0.05) is 0 Å². The number of aromatic hydroxyl groups is 1. The number of fused-ring (bicyclic) bond motifs is 7. The Kier molecular flexibility index (Phi) is 9.21. The molecule has 48 heavy (non-hydrogen) atoms. The lowest BCUT2D eigenvalue weighted by Crippen LogP contribution is -2.65. The molecular weight excluding hydrogens is 600 g/mol. The van der Waals surface area contributed by atoms with Gasteiger partial charge in [-0.2, -0.15) is 0 Å². The number of aliphatic hydroxyl groups is 1. The quantitative estimate of drug-likeness (QED) is 0.164. The van der Waals surface area contributed by atoms with Gasteiger partial charge < -0.3 is 19.7 Å². The number of rotatable bonds is 8. The molecule has 2 N–H and O–H groups in total. The standard InChI is InChI=1S/C42H62O6/c1-37(2)21-23-42(36(46)48-26-12-8-11-25-47-35(45)28-13-9-10-14-31(28)43)24-22-40(6)29(30(42)27-37)15-16-33-39(5)19-18-34(44)38(3,4)32(39)17-20-41(33,40)7/h9-10,13-15,30,32-34,43-44H,8,11-12,16-27H2,1-7H3. The van der Waals surface area contributed by atoms with Gasteiger partial charge in [-0.1, -0.05) is 72.2 Å². The van der Waals surface area contributed by atoms with Crippen LogP contribution in [0.4, 0.5) is 0 Å². The normalized spacial score (nSPS) is 39.5. The van der Waals surface area contributed by atoms with Crippen molar-refractivity contribution in [3.05, 3.63) is 41.5 Å². The molecular formula is C42H62O6. The highest BCUT2D eigenvalue weighted by atomic mass is 16.5. The van der Waals surface area contributed by atoms with Crippen molar-refractivity contribution in [2.45, 2.75) is 138 Å². The van der Waals surface area contributed by atoms with Crippen LogP contribution in [-0.2, 0) is 14.3 Å². The van der Waals surface area contributed by atoms with Gasteiger partial charge in [-0.15, -0.1) is 0 Å². The minimum absolute atomic E-state index is 0.00268. The smallest absolute Gasteiger partial charge is 0.341 e. The third-order valence-corrected chi connectivity index (χ3v) is 15.4. The first kappa shape index (κ1) is 35.5. The van der Waals surface area contributed by atoms with Crippen LogP contribution in [0.25, 0.3) is 0 Å². The van der Waals surface area contributed by atoms with Gasteiger partial charge in [0.05, 0.1) is 24.7 Å². The van der Waals surface area contributed by atoms with Gasteiger partial charge in [-0.25, -0.2) is 4.79 Å². The van der Waals surface area contributed by atoms with Crippen LogP contribution >= 0.6 is 0 Å². The van der Waals surface area contributed by atoms with E-state index < -0.39 is 11.4 Å². The number of esters is 2. The summed E-state index contributed by atoms with van der Waals surface area (Å²) in [4.78, 5) is 26.5. The number of unbranched alkanes of at least 4 members (excludes halogenated alkanes) is 2. The third-order valence-electron chi connectivity index (χ3n) is 15.4. The van der Waals surface area contributed by atoms with E-state index in [1.165, 1.54) is 18.9 Å². The predicted molar refractivity (Wildman–Crippen MR) is 188 cm³/mol. The number of hydrogen-bond acceptors (Lipinski definition) is 6. The van der Waals surface area contributed by atoms with Crippen molar-refractivity contribution >= 4 is 11.9 Å². The SMILES string of the molecule is CC1(C)CCC2(C(=O)OCCCCCOC(=O)c3ccccc3O)CCC3(C)C(=CCC4C5(C)CCC(O)C(C)(C)C5CCC43C)C2C1. The number of allylic oxidation sites excluding steroid dienone is 2. The van der Waals surface area contributed by atoms with Crippen molar-refractivity contribution in [2.75, 3.05) is 13.2 Å². The maximum Gasteiger partial charge on any atom is 0.341 e. The first-order valence-electron chi connectivity index (χ1n) is 19.0. The monoisotopic (exact) mass is 662 g/mol. The summed E-state index contributed by atoms with van der Waals surface area (Å²) < 4.78 is 11.5. The largest absolute Gasteiger partial charge is 0.507 e. The van der Waals surface area contributed by atoms with E-state index in [9.17, 15) is 19.8 Å². The van der Waals surface area contributed by atoms with Crippen LogP contribution in [0.2, 0.25) is 0 Å². The molecule has 6 nitrogen and oxygen atoms in total. The fraction of sp³-hybridized carbons (Fsp3) is 0.762. The van der Waals surface area contributed by atoms with E-state index in [0.29, 0.717) is 24.9 Å². The molecule has 6 heteroatoms. The Labute approximate surface area is 289 Å². The van der Waals surface area contributed by atoms with E-state index in [1.807, 2.05) is 0 Å². The van der Waals surface area contributed by atoms with Gasteiger partial charge in [0.25, 0.3) is 0 Å². The Bertz CT molecular complexity index is 1430. The Balaban J connectivity index is 1.14. The lowest BCUT2D eigenvalue weighted by Gasteiger charge is -2.71. The summed E-state index contributed by atoms with van der Waals surface area (Å²) >= 11 is 0. The fourth-order valence-corrected chi connectivity index (χ4v) is 12.2. The number of aliphatic hydroxyl groups excluding tert-OH is 1. The Morgan fingerprint density at radius 3 is 2.23 bits per heavy atom. The zero-order chi connectivity index (χ0) is 34.8. The van der Waals surface area contributed by atoms with Crippen molar-refractivity contribution < 1.29 is 29.3 Å². The van der Waals surface area contributed by atoms with Crippen LogP contribution < -0.4 is 0 Å². The van der Waals surface area contributed by atoms with Crippen molar-refractivity contribution in [3.8, 4) is 5.75 Å². The molecule has 0 spiro atoms. The number of para-hydroxylation sites is 1. The number of phenolic OH excluding ortho intramolecular Hbond substituents is 1. The van der Waals surface area contributed by atoms with Crippen LogP contribution in [0, 0.1) is 50.2 Å². The molecule has 0 aliphatic heterocycles. The molecule has 266 valence electrons. The third kappa shape index (κ3) is 5.55. The first-order valence-corrected chi connectivity index (χ1v) is 19.0. The van der Waals surface area contributed by atoms with Gasteiger partial charge in [0.1, 0.15) is 11.3 Å². The summed E-state index contributed by atoms with van der Waals surface area (Å²) in [6.45, 7) is 17.8. The summed E-state index contributed by atoms with van der Waals surface area (Å²) in [7, 11) is 0. The summed E-state index contributed by atoms with van der Waals surface area (Å²) in [6.07, 6.45) is 15.0. The molecule has 5 aliphatic carbocycles. The predicted octanol–water partition coefficient (Wildman–Crippen LogP) is 9.43. The second-order valence-corrected chi connectivity index (χ2v) is 18.6. The maximum atomic E-state index is 14.2. The van der Waals surface area contributed by atoms with Crippen molar-refractivity contribution in [2.24, 2.45) is 50.2 Å². The van der Waals surface area contributed by atoms with Crippen LogP contribution in [0.5, 0.6) is 5.75 Å². The molecule has 1 aromatic carbocycles. The number of phenols is 1. The Morgan fingerprint density at radius 2 is 1.50 bits per heavy atom. The summed E-state index contributed by atoms with van der Waals surface area (Å²) in [6, 6.07) is 6.41. The van der Waals surface area contributed by atoms with E-state index in [-0.39, 0.29) is 63.0 Å². The summed E-state index contributed by atoms with van der Waals surface area (Å²) in [5, 5.41) is 20.9. The van der Waals surface area contributed by atoms with E-state index in [4.69, 9.17) is 9.47 Å². The van der Waals surface area contributed by atoms with E-state index in [1.54, 1.807) is 23.8 Å². The lowest BCUT2D eigenvalue weighted by molar-refractivity contribution is -0.206. The van der Waals surface area contributed by atoms with Crippen LogP contribution in [-0.4, -0.2) is 41.5 Å². The van der Waals surface area contributed by atoms with Crippen molar-refractivity contribution in [1.82, 2.24) is 0 Å². The molecule has 0 saturated heterocycles. The van der Waals surface area contributed by atoms with Gasteiger partial charge in [0.15, 0.2) is 0 Å². The Hall–Kier alpha value is -2.34. The van der Waals surface area contributed by atoms with Crippen LogP contribution in [0.15, 0.2) is 35.9 Å². The molecule has 4 fully saturated rings. The molecule has 0 bridgehead atoms. The van der Waals surface area contributed by atoms with E-state index in [0.717, 1.165) is 64.2 Å². The molecule has 0 amide bonds. The second-order valence-electron chi connectivity index (χ2n) is 18.6. The average Bonchev–Trinajstić information content (AvgIpc) is 3.02. The lowest BCUT2D eigenvalue weighted by atomic mass is 9.33. The Morgan fingerprint density at radius 1 is 0.812 bits per heavy atom. The minimum atomic E-state index is -0.519. The average molecular weight is 663 g/mol. The number of carbonyl (C=O) groups excluding carboxylic acids is 2. The van der Waals surface area contributed by atoms with Gasteiger partial charge in [0.2, 0.25) is 0 Å². The fourth-order valence-electron chi connectivity index (χ4n) is 12.2. The first-order chi connectivity index (χ1) is 22.5. The van der Waals surface area contributed by atoms with E-state index >= 15 is 0 Å². The highest BCUT2D eigenvalue weighted by Gasteiger charge is 2.69. The summed E-state index contributed by atoms with van der Waals surface area (Å²) in [5.41, 5.74) is 1.84. The number of hydrogen-bond donors (Lipinski definition) is 2. The molecule has 0 radical (unpaired) electrons. The van der Waals surface area contributed by atoms with E-state index in [2.05, 4.69) is 54.5 Å². The van der Waals surface area contributed by atoms with Gasteiger partial charge in [-0.3, -0.25) is 4.79 Å². The maximum absolute atomic E-state index is 14.2. The summed E-state index contributed by atoms with van der Waals surface area (Å²) in [5.74, 6) is 0.737. The second kappa shape index (κ2) is 12.5. The highest BCUT2D eigenvalue weighted by molar-refractivity contribution is 5.92. The molecule has 8 atom stereocenters. The highest BCUT2D eigenvalue weighted by Crippen LogP contribution is 2.75. The van der Waals surface area contributed by atoms with Gasteiger partial charge in [-0.05, 0) is 140 Å². The zero-order valence-electron chi connectivity index (χ0n) is 30.8. The molecule has 6 rings (SSSR count). The minimum Gasteiger partial charge on any atom is -0.507 e. The molecule has 1 aromatic rings. The molecule has 5 aliphatic rings. The van der Waals surface area contributed by atoms with Gasteiger partial charge >= 0.3 is 11.9 Å². The topological polar surface area (TPSA) is 93.1 Å². The number of benzene rings is 1.